The summed E-state index contributed by atoms with van der Waals surface area (Å²) < 4.78 is 4.94. The molecule has 1 N–H and O–H groups in total. The maximum atomic E-state index is 12.4. The summed E-state index contributed by atoms with van der Waals surface area (Å²) in [6.07, 6.45) is 7.29. The number of carbonyl (C=O) groups excluding carboxylic acids is 1. The van der Waals surface area contributed by atoms with Crippen LogP contribution < -0.4 is 4.74 Å². The Morgan fingerprint density at radius 3 is 2.95 bits per heavy atom. The molecule has 19 heavy (non-hydrogen) atoms. The Bertz CT molecular complexity index is 498. The second-order valence-electron chi connectivity index (χ2n) is 4.96. The summed E-state index contributed by atoms with van der Waals surface area (Å²) in [5.41, 5.74) is 0.187. The smallest absolute Gasteiger partial charge is 0.256 e. The van der Waals surface area contributed by atoms with Crippen molar-refractivity contribution in [2.45, 2.75) is 37.5 Å². The number of aromatic nitrogens is 1. The molecule has 0 aromatic carbocycles. The number of ketones is 1. The van der Waals surface area contributed by atoms with Gasteiger partial charge < -0.3 is 9.84 Å². The van der Waals surface area contributed by atoms with Gasteiger partial charge in [0.25, 0.3) is 5.88 Å². The van der Waals surface area contributed by atoms with Crippen molar-refractivity contribution in [2.75, 3.05) is 7.11 Å². The first-order chi connectivity index (χ1) is 9.14. The third kappa shape index (κ3) is 2.35. The zero-order valence-corrected chi connectivity index (χ0v) is 11.2. The molecule has 0 radical (unpaired) electrons. The van der Waals surface area contributed by atoms with Gasteiger partial charge in [0.2, 0.25) is 0 Å². The number of aromatic hydroxyl groups is 1. The first-order valence-corrected chi connectivity index (χ1v) is 6.52. The van der Waals surface area contributed by atoms with Gasteiger partial charge in [-0.2, -0.15) is 0 Å². The average molecular weight is 261 g/mol. The lowest BCUT2D eigenvalue weighted by Gasteiger charge is -2.35. The molecule has 102 valence electrons. The predicted octanol–water partition coefficient (Wildman–Crippen LogP) is 2.75. The fourth-order valence-corrected chi connectivity index (χ4v) is 2.84. The van der Waals surface area contributed by atoms with E-state index in [1.807, 2.05) is 0 Å². The normalized spacial score (nSPS) is 23.1. The molecule has 0 spiro atoms. The Morgan fingerprint density at radius 2 is 2.37 bits per heavy atom. The fraction of sp³-hybridized carbons (Fsp3) is 0.467. The maximum absolute atomic E-state index is 12.4. The van der Waals surface area contributed by atoms with Crippen LogP contribution in [-0.2, 0) is 10.2 Å². The molecule has 0 amide bonds. The first kappa shape index (κ1) is 13.6. The first-order valence-electron chi connectivity index (χ1n) is 6.52. The summed E-state index contributed by atoms with van der Waals surface area (Å²) in [6.45, 7) is 3.76. The summed E-state index contributed by atoms with van der Waals surface area (Å²) in [5, 5.41) is 9.87. The third-order valence-electron chi connectivity index (χ3n) is 3.86. The molecule has 1 atom stereocenters. The van der Waals surface area contributed by atoms with Gasteiger partial charge in [0, 0.05) is 12.6 Å². The van der Waals surface area contributed by atoms with Crippen LogP contribution in [0, 0.1) is 0 Å². The van der Waals surface area contributed by atoms with Crippen molar-refractivity contribution in [1.82, 2.24) is 4.98 Å². The van der Waals surface area contributed by atoms with E-state index in [1.165, 1.54) is 7.11 Å². The summed E-state index contributed by atoms with van der Waals surface area (Å²) in [4.78, 5) is 16.5. The minimum absolute atomic E-state index is 0.0261. The molecule has 0 aliphatic heterocycles. The zero-order chi connectivity index (χ0) is 13.9. The molecule has 1 aromatic heterocycles. The standard InChI is InChI=1S/C15H19NO3/c1-3-7-15(8-5-4-6-13(15)18)11-9-12(17)14(19-2)16-10-11/h3,9-10,17H,1,4-8H2,2H3. The van der Waals surface area contributed by atoms with E-state index in [9.17, 15) is 9.90 Å². The quantitative estimate of drug-likeness (QED) is 0.847. The van der Waals surface area contributed by atoms with Crippen LogP contribution in [0.1, 0.15) is 37.7 Å². The lowest BCUT2D eigenvalue weighted by Crippen LogP contribution is -2.38. The Labute approximate surface area is 113 Å². The van der Waals surface area contributed by atoms with Crippen LogP contribution in [-0.4, -0.2) is 23.0 Å². The molecule has 4 nitrogen and oxygen atoms in total. The van der Waals surface area contributed by atoms with Crippen LogP contribution in [0.3, 0.4) is 0 Å². The molecule has 1 fully saturated rings. The molecule has 1 aromatic rings. The second kappa shape index (κ2) is 5.43. The highest BCUT2D eigenvalue weighted by Crippen LogP contribution is 2.41. The number of hydrogen-bond acceptors (Lipinski definition) is 4. The summed E-state index contributed by atoms with van der Waals surface area (Å²) in [7, 11) is 1.45. The lowest BCUT2D eigenvalue weighted by molar-refractivity contribution is -0.126. The van der Waals surface area contributed by atoms with Gasteiger partial charge in [0.15, 0.2) is 5.75 Å². The number of Topliss-reactive ketones (excluding diaryl/α,β-unsaturated/α-hetero) is 1. The summed E-state index contributed by atoms with van der Waals surface area (Å²) in [6, 6.07) is 1.60. The predicted molar refractivity (Wildman–Crippen MR) is 72.4 cm³/mol. The van der Waals surface area contributed by atoms with Crippen LogP contribution in [0.2, 0.25) is 0 Å². The fourth-order valence-electron chi connectivity index (χ4n) is 2.84. The van der Waals surface area contributed by atoms with E-state index in [1.54, 1.807) is 18.3 Å². The Hall–Kier alpha value is -1.84. The lowest BCUT2D eigenvalue weighted by atomic mass is 9.67. The molecule has 1 saturated carbocycles. The Balaban J connectivity index is 2.46. The molecular weight excluding hydrogens is 242 g/mol. The maximum Gasteiger partial charge on any atom is 0.256 e. The van der Waals surface area contributed by atoms with E-state index in [0.717, 1.165) is 24.8 Å². The van der Waals surface area contributed by atoms with Crippen molar-refractivity contribution in [2.24, 2.45) is 0 Å². The second-order valence-corrected chi connectivity index (χ2v) is 4.96. The van der Waals surface area contributed by atoms with Gasteiger partial charge in [-0.05, 0) is 30.9 Å². The monoisotopic (exact) mass is 261 g/mol. The topological polar surface area (TPSA) is 59.4 Å². The van der Waals surface area contributed by atoms with E-state index in [2.05, 4.69) is 11.6 Å². The number of nitrogens with zero attached hydrogens (tertiary/aromatic N) is 1. The molecule has 2 rings (SSSR count). The molecular formula is C15H19NO3. The molecule has 1 aliphatic rings. The molecule has 0 bridgehead atoms. The van der Waals surface area contributed by atoms with Gasteiger partial charge in [0.05, 0.1) is 12.5 Å². The van der Waals surface area contributed by atoms with E-state index < -0.39 is 5.41 Å². The SMILES string of the molecule is C=CCC1(c2cnc(OC)c(O)c2)CCCCC1=O. The third-order valence-corrected chi connectivity index (χ3v) is 3.86. The minimum atomic E-state index is -0.573. The number of pyridine rings is 1. The van der Waals surface area contributed by atoms with E-state index in [0.29, 0.717) is 12.8 Å². The highest BCUT2D eigenvalue weighted by atomic mass is 16.5. The van der Waals surface area contributed by atoms with Crippen LogP contribution in [0.15, 0.2) is 24.9 Å². The van der Waals surface area contributed by atoms with Crippen molar-refractivity contribution in [1.29, 1.82) is 0 Å². The van der Waals surface area contributed by atoms with Crippen LogP contribution >= 0.6 is 0 Å². The van der Waals surface area contributed by atoms with Crippen molar-refractivity contribution in [3.8, 4) is 11.6 Å². The molecule has 1 unspecified atom stereocenters. The van der Waals surface area contributed by atoms with Crippen LogP contribution in [0.5, 0.6) is 11.6 Å². The van der Waals surface area contributed by atoms with Crippen molar-refractivity contribution in [3.63, 3.8) is 0 Å². The molecule has 1 aliphatic carbocycles. The van der Waals surface area contributed by atoms with Crippen molar-refractivity contribution in [3.05, 3.63) is 30.5 Å². The van der Waals surface area contributed by atoms with Gasteiger partial charge in [-0.25, -0.2) is 4.98 Å². The number of ether oxygens (including phenoxy) is 1. The number of methoxy groups -OCH3 is 1. The van der Waals surface area contributed by atoms with E-state index in [4.69, 9.17) is 4.74 Å². The van der Waals surface area contributed by atoms with Crippen LogP contribution in [0.4, 0.5) is 0 Å². The van der Waals surface area contributed by atoms with Gasteiger partial charge in [-0.15, -0.1) is 6.58 Å². The Kier molecular flexibility index (Phi) is 3.88. The van der Waals surface area contributed by atoms with Gasteiger partial charge in [-0.3, -0.25) is 4.79 Å². The van der Waals surface area contributed by atoms with Gasteiger partial charge in [-0.1, -0.05) is 12.5 Å². The molecule has 4 heteroatoms. The summed E-state index contributed by atoms with van der Waals surface area (Å²) >= 11 is 0. The van der Waals surface area contributed by atoms with E-state index in [-0.39, 0.29) is 17.4 Å². The minimum Gasteiger partial charge on any atom is -0.503 e. The highest BCUT2D eigenvalue weighted by molar-refractivity contribution is 5.91. The Morgan fingerprint density at radius 1 is 1.58 bits per heavy atom. The summed E-state index contributed by atoms with van der Waals surface area (Å²) in [5.74, 6) is 0.368. The van der Waals surface area contributed by atoms with Crippen molar-refractivity contribution >= 4 is 5.78 Å². The van der Waals surface area contributed by atoms with Crippen LogP contribution in [0.25, 0.3) is 0 Å². The average Bonchev–Trinajstić information content (AvgIpc) is 2.41. The number of rotatable bonds is 4. The molecule has 0 saturated heterocycles. The van der Waals surface area contributed by atoms with E-state index >= 15 is 0 Å². The number of hydrogen-bond donors (Lipinski definition) is 1. The number of carbonyl (C=O) groups is 1. The molecule has 1 heterocycles. The van der Waals surface area contributed by atoms with Crippen molar-refractivity contribution < 1.29 is 14.6 Å². The highest BCUT2D eigenvalue weighted by Gasteiger charge is 2.40. The number of allylic oxidation sites excluding steroid dienone is 1. The zero-order valence-electron chi connectivity index (χ0n) is 11.2. The van der Waals surface area contributed by atoms with Gasteiger partial charge in [0.1, 0.15) is 5.78 Å². The van der Waals surface area contributed by atoms with Gasteiger partial charge >= 0.3 is 0 Å². The largest absolute Gasteiger partial charge is 0.503 e.